The molecule has 3 aromatic rings. The number of pyridine rings is 1. The Kier molecular flexibility index (Phi) is 4.64. The molecule has 1 aromatic heterocycles. The number of aromatic nitrogens is 1. The molecule has 0 saturated carbocycles. The van der Waals surface area contributed by atoms with Crippen LogP contribution >= 0.6 is 11.8 Å². The minimum atomic E-state index is -0.932. The van der Waals surface area contributed by atoms with E-state index in [2.05, 4.69) is 5.43 Å². The van der Waals surface area contributed by atoms with E-state index in [1.54, 1.807) is 0 Å². The van der Waals surface area contributed by atoms with E-state index in [1.807, 2.05) is 24.3 Å². The number of thioether (sulfide) groups is 1. The monoisotopic (exact) mass is 400 g/mol. The van der Waals surface area contributed by atoms with E-state index >= 15 is 0 Å². The highest BCUT2D eigenvalue weighted by Crippen LogP contribution is 2.41. The van der Waals surface area contributed by atoms with Crippen LogP contribution in [0.2, 0.25) is 0 Å². The van der Waals surface area contributed by atoms with Gasteiger partial charge in [-0.2, -0.15) is 0 Å². The molecule has 1 aliphatic rings. The van der Waals surface area contributed by atoms with Crippen molar-refractivity contribution < 1.29 is 18.7 Å². The summed E-state index contributed by atoms with van der Waals surface area (Å²) >= 11 is 1.38. The number of carbonyl (C=O) groups excluding carboxylic acids is 1. The lowest BCUT2D eigenvalue weighted by Crippen LogP contribution is -2.27. The van der Waals surface area contributed by atoms with Crippen LogP contribution in [-0.4, -0.2) is 16.1 Å². The first-order chi connectivity index (χ1) is 13.5. The van der Waals surface area contributed by atoms with Gasteiger partial charge in [0.1, 0.15) is 5.69 Å². The normalized spacial score (nSPS) is 15.3. The lowest BCUT2D eigenvalue weighted by molar-refractivity contribution is 0.111. The van der Waals surface area contributed by atoms with E-state index in [-0.39, 0.29) is 17.0 Å². The highest BCUT2D eigenvalue weighted by Gasteiger charge is 2.28. The number of nitrogens with one attached hydrogen (secondary N) is 1. The Morgan fingerprint density at radius 1 is 1.14 bits per heavy atom. The number of aldehydes is 1. The third-order valence-corrected chi connectivity index (χ3v) is 5.75. The molecular weight excluding hydrogens is 386 g/mol. The van der Waals surface area contributed by atoms with Gasteiger partial charge < -0.3 is 10.5 Å². The average molecular weight is 400 g/mol. The summed E-state index contributed by atoms with van der Waals surface area (Å²) in [6.07, 6.45) is 1.67. The van der Waals surface area contributed by atoms with Gasteiger partial charge in [0.25, 0.3) is 0 Å². The lowest BCUT2D eigenvalue weighted by Gasteiger charge is -2.25. The lowest BCUT2D eigenvalue weighted by atomic mass is 9.95. The highest BCUT2D eigenvalue weighted by molar-refractivity contribution is 7.98. The Balaban J connectivity index is 1.92. The van der Waals surface area contributed by atoms with E-state index in [9.17, 15) is 23.5 Å². The Bertz CT molecular complexity index is 1150. The standard InChI is InChI=1S/C20H14F2N2O3S/c21-14-6-5-11-13(18(14)22)10-28-17-4-2-1-3-12(17)19(11)23-24-8-7-16(26)20(27)15(24)9-25/h1-9,19,23,27H,10H2. The van der Waals surface area contributed by atoms with Crippen molar-refractivity contribution in [3.63, 3.8) is 0 Å². The number of halogens is 2. The van der Waals surface area contributed by atoms with Crippen LogP contribution in [-0.2, 0) is 5.75 Å². The fourth-order valence-electron chi connectivity index (χ4n) is 3.24. The number of hydrogen-bond acceptors (Lipinski definition) is 5. The maximum absolute atomic E-state index is 14.5. The van der Waals surface area contributed by atoms with Crippen molar-refractivity contribution in [2.45, 2.75) is 16.7 Å². The molecule has 0 spiro atoms. The van der Waals surface area contributed by atoms with Crippen LogP contribution in [0.15, 0.2) is 58.4 Å². The van der Waals surface area contributed by atoms with Gasteiger partial charge in [0.2, 0.25) is 5.43 Å². The average Bonchev–Trinajstić information content (AvgIpc) is 2.85. The molecule has 2 aromatic carbocycles. The molecule has 1 atom stereocenters. The third-order valence-electron chi connectivity index (χ3n) is 4.64. The van der Waals surface area contributed by atoms with Crippen molar-refractivity contribution in [1.82, 2.24) is 4.68 Å². The zero-order chi connectivity index (χ0) is 19.8. The van der Waals surface area contributed by atoms with Gasteiger partial charge in [-0.1, -0.05) is 24.3 Å². The molecule has 0 aliphatic carbocycles. The molecule has 4 rings (SSSR count). The molecule has 1 aliphatic heterocycles. The zero-order valence-electron chi connectivity index (χ0n) is 14.4. The second-order valence-electron chi connectivity index (χ2n) is 6.22. The van der Waals surface area contributed by atoms with Crippen molar-refractivity contribution in [3.8, 4) is 5.75 Å². The smallest absolute Gasteiger partial charge is 0.224 e. The maximum Gasteiger partial charge on any atom is 0.224 e. The third kappa shape index (κ3) is 2.95. The minimum absolute atomic E-state index is 0.219. The molecule has 142 valence electrons. The van der Waals surface area contributed by atoms with Crippen molar-refractivity contribution in [2.75, 3.05) is 5.43 Å². The Labute approximate surface area is 162 Å². The number of nitrogens with zero attached hydrogens (tertiary/aromatic N) is 1. The molecule has 28 heavy (non-hydrogen) atoms. The van der Waals surface area contributed by atoms with Gasteiger partial charge in [-0.05, 0) is 23.3 Å². The molecule has 0 fully saturated rings. The number of hydrogen-bond donors (Lipinski definition) is 2. The summed E-state index contributed by atoms with van der Waals surface area (Å²) in [6.45, 7) is 0. The quantitative estimate of drug-likeness (QED) is 0.658. The van der Waals surface area contributed by atoms with Gasteiger partial charge in [-0.15, -0.1) is 11.8 Å². The van der Waals surface area contributed by atoms with Crippen molar-refractivity contribution in [2.24, 2.45) is 0 Å². The van der Waals surface area contributed by atoms with Gasteiger partial charge in [0.15, 0.2) is 23.7 Å². The van der Waals surface area contributed by atoms with Crippen LogP contribution in [0.25, 0.3) is 0 Å². The number of fused-ring (bicyclic) bond motifs is 2. The predicted octanol–water partition coefficient (Wildman–Crippen LogP) is 3.58. The van der Waals surface area contributed by atoms with Crippen LogP contribution in [0.5, 0.6) is 5.75 Å². The van der Waals surface area contributed by atoms with Crippen molar-refractivity contribution in [3.05, 3.63) is 92.9 Å². The molecule has 2 heterocycles. The molecular formula is C20H14F2N2O3S. The van der Waals surface area contributed by atoms with E-state index in [0.29, 0.717) is 11.8 Å². The highest BCUT2D eigenvalue weighted by atomic mass is 32.2. The van der Waals surface area contributed by atoms with Gasteiger partial charge in [0.05, 0.1) is 6.04 Å². The fourth-order valence-corrected chi connectivity index (χ4v) is 4.36. The largest absolute Gasteiger partial charge is 0.503 e. The minimum Gasteiger partial charge on any atom is -0.503 e. The number of rotatable bonds is 3. The zero-order valence-corrected chi connectivity index (χ0v) is 15.2. The van der Waals surface area contributed by atoms with E-state index in [0.717, 1.165) is 22.6 Å². The molecule has 0 amide bonds. The maximum atomic E-state index is 14.5. The summed E-state index contributed by atoms with van der Waals surface area (Å²) in [4.78, 5) is 23.9. The molecule has 5 nitrogen and oxygen atoms in total. The number of aromatic hydroxyl groups is 1. The SMILES string of the molecule is O=Cc1c(O)c(=O)ccn1NC1c2ccccc2SCc2c1ccc(F)c2F. The molecule has 1 unspecified atom stereocenters. The molecule has 0 bridgehead atoms. The second kappa shape index (κ2) is 7.12. The summed E-state index contributed by atoms with van der Waals surface area (Å²) in [5, 5.41) is 9.92. The summed E-state index contributed by atoms with van der Waals surface area (Å²) < 4.78 is 29.5. The van der Waals surface area contributed by atoms with Gasteiger partial charge in [-0.3, -0.25) is 14.3 Å². The Morgan fingerprint density at radius 3 is 2.71 bits per heavy atom. The van der Waals surface area contributed by atoms with E-state index in [1.165, 1.54) is 28.7 Å². The number of benzene rings is 2. The molecule has 2 N–H and O–H groups in total. The Morgan fingerprint density at radius 2 is 1.93 bits per heavy atom. The fraction of sp³-hybridized carbons (Fsp3) is 0.100. The van der Waals surface area contributed by atoms with Gasteiger partial charge >= 0.3 is 0 Å². The van der Waals surface area contributed by atoms with E-state index < -0.39 is 28.9 Å². The Hall–Kier alpha value is -3.13. The second-order valence-corrected chi connectivity index (χ2v) is 7.24. The van der Waals surface area contributed by atoms with Crippen LogP contribution in [0.3, 0.4) is 0 Å². The van der Waals surface area contributed by atoms with Crippen LogP contribution in [0, 0.1) is 11.6 Å². The summed E-state index contributed by atoms with van der Waals surface area (Å²) in [6, 6.07) is 10.4. The summed E-state index contributed by atoms with van der Waals surface area (Å²) in [5.74, 6) is -2.29. The van der Waals surface area contributed by atoms with Crippen molar-refractivity contribution in [1.29, 1.82) is 0 Å². The first-order valence-electron chi connectivity index (χ1n) is 8.36. The van der Waals surface area contributed by atoms with Gasteiger partial charge in [-0.25, -0.2) is 8.78 Å². The molecule has 0 radical (unpaired) electrons. The van der Waals surface area contributed by atoms with Crippen LogP contribution in [0.1, 0.15) is 33.2 Å². The van der Waals surface area contributed by atoms with Crippen LogP contribution in [0.4, 0.5) is 8.78 Å². The first-order valence-corrected chi connectivity index (χ1v) is 9.34. The van der Waals surface area contributed by atoms with Crippen molar-refractivity contribution >= 4 is 18.0 Å². The van der Waals surface area contributed by atoms with Crippen LogP contribution < -0.4 is 10.9 Å². The topological polar surface area (TPSA) is 71.3 Å². The summed E-state index contributed by atoms with van der Waals surface area (Å²) in [7, 11) is 0. The van der Waals surface area contributed by atoms with Gasteiger partial charge in [0, 0.05) is 28.5 Å². The predicted molar refractivity (Wildman–Crippen MR) is 101 cm³/mol. The molecule has 8 heteroatoms. The summed E-state index contributed by atoms with van der Waals surface area (Å²) in [5.41, 5.74) is 3.63. The molecule has 0 saturated heterocycles. The first kappa shape index (κ1) is 18.2. The van der Waals surface area contributed by atoms with E-state index in [4.69, 9.17) is 0 Å². The number of carbonyl (C=O) groups is 1.